The number of fused-ring (bicyclic) bond motifs is 5. The van der Waals surface area contributed by atoms with Crippen LogP contribution in [-0.2, 0) is 46.9 Å². The second-order valence-electron chi connectivity index (χ2n) is 13.5. The molecule has 0 spiro atoms. The summed E-state index contributed by atoms with van der Waals surface area (Å²) in [5.74, 6) is -9.43. The molecular formula is C35H28F7N9O3S2. The van der Waals surface area contributed by atoms with Crippen LogP contribution in [-0.4, -0.2) is 57.2 Å². The molecule has 3 atom stereocenters. The maximum atomic E-state index is 15.6. The molecule has 21 heteroatoms. The van der Waals surface area contributed by atoms with Crippen molar-refractivity contribution in [3.63, 3.8) is 0 Å². The van der Waals surface area contributed by atoms with E-state index in [0.29, 0.717) is 42.6 Å². The SMILES string of the molecule is CNc1nc2nc([C@H](Cc3cc(F)cc(F)c3)NC(=O)Cn3nc(C(F)(F)F)c4c3C(F)(F)[C@@H]3C=C[C@H]43)c(-c3cccc4c(NS(C)(=O)=O)nn(C)c34)cc2s1. The molecule has 4 aromatic heterocycles. The summed E-state index contributed by atoms with van der Waals surface area (Å²) in [5.41, 5.74) is -1.75. The molecule has 56 heavy (non-hydrogen) atoms. The highest BCUT2D eigenvalue weighted by Gasteiger charge is 2.61. The molecule has 4 heterocycles. The summed E-state index contributed by atoms with van der Waals surface area (Å²) in [6.07, 6.45) is -2.12. The quantitative estimate of drug-likeness (QED) is 0.103. The van der Waals surface area contributed by atoms with E-state index in [1.165, 1.54) is 22.1 Å². The topological polar surface area (TPSA) is 149 Å². The van der Waals surface area contributed by atoms with Gasteiger partial charge in [0.15, 0.2) is 22.3 Å². The smallest absolute Gasteiger partial charge is 0.365 e. The number of carbonyl (C=O) groups excluding carboxylic acids is 1. The summed E-state index contributed by atoms with van der Waals surface area (Å²) in [6, 6.07) is 8.00. The number of aromatic nitrogens is 6. The van der Waals surface area contributed by atoms with Crippen LogP contribution in [0.15, 0.2) is 54.6 Å². The highest BCUT2D eigenvalue weighted by atomic mass is 32.2. The average molecular weight is 820 g/mol. The predicted octanol–water partition coefficient (Wildman–Crippen LogP) is 6.63. The molecule has 1 amide bonds. The number of benzene rings is 2. The number of hydrogen-bond donors (Lipinski definition) is 3. The summed E-state index contributed by atoms with van der Waals surface area (Å²) in [4.78, 5) is 23.2. The lowest BCUT2D eigenvalue weighted by Gasteiger charge is -2.27. The van der Waals surface area contributed by atoms with Crippen molar-refractivity contribution in [2.75, 3.05) is 23.3 Å². The Morgan fingerprint density at radius 2 is 1.77 bits per heavy atom. The number of aryl methyl sites for hydroxylation is 1. The molecule has 0 bridgehead atoms. The van der Waals surface area contributed by atoms with Crippen LogP contribution in [0, 0.1) is 17.6 Å². The molecule has 0 saturated heterocycles. The van der Waals surface area contributed by atoms with Crippen molar-refractivity contribution in [1.29, 1.82) is 0 Å². The van der Waals surface area contributed by atoms with Crippen LogP contribution in [0.2, 0.25) is 0 Å². The van der Waals surface area contributed by atoms with Crippen LogP contribution in [0.4, 0.5) is 41.7 Å². The van der Waals surface area contributed by atoms with Crippen LogP contribution >= 0.6 is 11.3 Å². The van der Waals surface area contributed by atoms with Crippen molar-refractivity contribution < 1.29 is 43.9 Å². The lowest BCUT2D eigenvalue weighted by atomic mass is 9.81. The first-order chi connectivity index (χ1) is 26.3. The molecule has 0 saturated carbocycles. The van der Waals surface area contributed by atoms with Gasteiger partial charge in [0.2, 0.25) is 15.9 Å². The third kappa shape index (κ3) is 6.40. The third-order valence-corrected chi connectivity index (χ3v) is 11.2. The minimum Gasteiger partial charge on any atom is -0.365 e. The number of alkyl halides is 5. The van der Waals surface area contributed by atoms with E-state index < -0.39 is 81.0 Å². The lowest BCUT2D eigenvalue weighted by Crippen LogP contribution is -2.36. The Hall–Kier alpha value is -5.57. The van der Waals surface area contributed by atoms with Crippen molar-refractivity contribution in [3.05, 3.63) is 94.5 Å². The van der Waals surface area contributed by atoms with Gasteiger partial charge >= 0.3 is 6.18 Å². The maximum absolute atomic E-state index is 15.6. The Kier molecular flexibility index (Phi) is 8.67. The third-order valence-electron chi connectivity index (χ3n) is 9.62. The highest BCUT2D eigenvalue weighted by molar-refractivity contribution is 7.92. The van der Waals surface area contributed by atoms with Gasteiger partial charge in [-0.25, -0.2) is 27.2 Å². The predicted molar refractivity (Wildman–Crippen MR) is 193 cm³/mol. The fourth-order valence-corrected chi connectivity index (χ4v) is 8.71. The van der Waals surface area contributed by atoms with Gasteiger partial charge in [0.1, 0.15) is 23.9 Å². The molecule has 12 nitrogen and oxygen atoms in total. The normalized spacial score (nSPS) is 17.8. The fourth-order valence-electron chi connectivity index (χ4n) is 7.41. The van der Waals surface area contributed by atoms with Gasteiger partial charge in [-0.05, 0) is 36.2 Å². The van der Waals surface area contributed by atoms with Crippen LogP contribution in [0.5, 0.6) is 0 Å². The first-order valence-electron chi connectivity index (χ1n) is 16.7. The zero-order valence-electron chi connectivity index (χ0n) is 29.2. The zero-order chi connectivity index (χ0) is 40.1. The van der Waals surface area contributed by atoms with E-state index in [0.717, 1.165) is 24.5 Å². The summed E-state index contributed by atoms with van der Waals surface area (Å²) in [5, 5.41) is 14.2. The first-order valence-corrected chi connectivity index (χ1v) is 19.4. The Balaban J connectivity index is 1.28. The largest absolute Gasteiger partial charge is 0.435 e. The summed E-state index contributed by atoms with van der Waals surface area (Å²) in [6.45, 7) is -1.07. The van der Waals surface area contributed by atoms with Crippen LogP contribution in [0.1, 0.15) is 40.2 Å². The molecule has 0 unspecified atom stereocenters. The molecule has 3 N–H and O–H groups in total. The fraction of sp³-hybridized carbons (Fsp3) is 0.286. The van der Waals surface area contributed by atoms with Gasteiger partial charge in [-0.3, -0.25) is 18.9 Å². The molecule has 292 valence electrons. The maximum Gasteiger partial charge on any atom is 0.435 e. The summed E-state index contributed by atoms with van der Waals surface area (Å²) in [7, 11) is -0.561. The van der Waals surface area contributed by atoms with Crippen LogP contribution < -0.4 is 15.4 Å². The molecular weight excluding hydrogens is 792 g/mol. The number of halogens is 7. The van der Waals surface area contributed by atoms with Crippen molar-refractivity contribution in [2.45, 2.75) is 37.0 Å². The number of thiazole rings is 1. The Labute approximate surface area is 316 Å². The van der Waals surface area contributed by atoms with Gasteiger partial charge in [0.05, 0.1) is 34.1 Å². The number of nitrogens with one attached hydrogen (secondary N) is 3. The average Bonchev–Trinajstić information content (AvgIpc) is 3.77. The first kappa shape index (κ1) is 37.4. The summed E-state index contributed by atoms with van der Waals surface area (Å²) >= 11 is 1.23. The number of amides is 1. The van der Waals surface area contributed by atoms with E-state index in [1.54, 1.807) is 38.4 Å². The lowest BCUT2D eigenvalue weighted by molar-refractivity contribution is -0.142. The van der Waals surface area contributed by atoms with Crippen molar-refractivity contribution in [1.82, 2.24) is 34.8 Å². The van der Waals surface area contributed by atoms with Crippen molar-refractivity contribution in [3.8, 4) is 11.1 Å². The number of rotatable bonds is 10. The molecule has 2 aliphatic carbocycles. The standard InChI is InChI=1S/C35H28F7N9O3S2/c1-43-33-46-32-24(55-33)13-21(18-5-4-6-20-28(18)50(2)48-31(20)49-56(3,53)54)27(45-32)23(11-15-9-16(36)12-17(37)10-15)44-25(52)14-51-30-26(29(47-51)35(40,41)42)19-7-8-22(19)34(30,38)39/h4-10,12-13,19,22-23H,11,14H2,1-3H3,(H,44,52)(H,48,49)(H,43,45,46)/t19-,22+,23-/m0/s1. The number of pyridine rings is 1. The Morgan fingerprint density at radius 3 is 2.41 bits per heavy atom. The molecule has 0 fully saturated rings. The number of carbonyl (C=O) groups is 1. The number of para-hydroxylation sites is 1. The molecule has 0 radical (unpaired) electrons. The van der Waals surface area contributed by atoms with Crippen LogP contribution in [0.25, 0.3) is 32.4 Å². The van der Waals surface area contributed by atoms with Gasteiger partial charge in [-0.15, -0.1) is 0 Å². The summed E-state index contributed by atoms with van der Waals surface area (Å²) < 4.78 is 132. The number of sulfonamides is 1. The van der Waals surface area contributed by atoms with E-state index in [-0.39, 0.29) is 29.1 Å². The van der Waals surface area contributed by atoms with E-state index in [2.05, 4.69) is 30.5 Å². The molecule has 0 aliphatic heterocycles. The van der Waals surface area contributed by atoms with Crippen molar-refractivity contribution in [2.24, 2.45) is 13.0 Å². The van der Waals surface area contributed by atoms with Gasteiger partial charge in [0, 0.05) is 48.2 Å². The Morgan fingerprint density at radius 1 is 1.04 bits per heavy atom. The monoisotopic (exact) mass is 819 g/mol. The number of nitrogens with zero attached hydrogens (tertiary/aromatic N) is 6. The van der Waals surface area contributed by atoms with E-state index >= 15 is 8.78 Å². The van der Waals surface area contributed by atoms with Gasteiger partial charge in [-0.2, -0.15) is 32.1 Å². The molecule has 2 aromatic carbocycles. The number of hydrogen-bond acceptors (Lipinski definition) is 9. The van der Waals surface area contributed by atoms with E-state index in [9.17, 15) is 35.2 Å². The highest BCUT2D eigenvalue weighted by Crippen LogP contribution is 2.60. The number of anilines is 2. The molecule has 2 aliphatic rings. The minimum absolute atomic E-state index is 0.0169. The van der Waals surface area contributed by atoms with Gasteiger partial charge < -0.3 is 10.6 Å². The Bertz CT molecular complexity index is 2720. The van der Waals surface area contributed by atoms with Crippen LogP contribution in [0.3, 0.4) is 0 Å². The molecule has 6 aromatic rings. The van der Waals surface area contributed by atoms with E-state index in [1.807, 2.05) is 0 Å². The van der Waals surface area contributed by atoms with Gasteiger partial charge in [0.25, 0.3) is 5.92 Å². The molecule has 8 rings (SSSR count). The second-order valence-corrected chi connectivity index (χ2v) is 16.3. The number of allylic oxidation sites excluding steroid dienone is 2. The second kappa shape index (κ2) is 13.0. The van der Waals surface area contributed by atoms with Crippen molar-refractivity contribution >= 4 is 59.5 Å². The minimum atomic E-state index is -5.10. The van der Waals surface area contributed by atoms with E-state index in [4.69, 9.17) is 4.98 Å². The zero-order valence-corrected chi connectivity index (χ0v) is 30.8. The van der Waals surface area contributed by atoms with Gasteiger partial charge in [-0.1, -0.05) is 35.6 Å².